The van der Waals surface area contributed by atoms with Crippen LogP contribution in [-0.2, 0) is 11.2 Å². The summed E-state index contributed by atoms with van der Waals surface area (Å²) >= 11 is 3.21. The van der Waals surface area contributed by atoms with E-state index in [-0.39, 0.29) is 12.2 Å². The van der Waals surface area contributed by atoms with Crippen LogP contribution in [0.2, 0.25) is 0 Å². The van der Waals surface area contributed by atoms with Gasteiger partial charge in [-0.3, -0.25) is 0 Å². The third-order valence-corrected chi connectivity index (χ3v) is 3.30. The average molecular weight is 275 g/mol. The summed E-state index contributed by atoms with van der Waals surface area (Å²) in [6.45, 7) is 1.80. The molecule has 0 aromatic heterocycles. The summed E-state index contributed by atoms with van der Waals surface area (Å²) in [4.78, 5) is 10.7. The molecule has 1 unspecified atom stereocenters. The minimum Gasteiger partial charge on any atom is -0.478 e. The lowest BCUT2D eigenvalue weighted by Gasteiger charge is -2.06. The van der Waals surface area contributed by atoms with Crippen LogP contribution >= 0.6 is 15.9 Å². The molecule has 0 spiro atoms. The molecule has 0 radical (unpaired) electrons. The molecule has 0 fully saturated rings. The number of halogens is 2. The highest BCUT2D eigenvalue weighted by atomic mass is 79.9. The standard InChI is InChI=1S/C10H8BrFO3/c1-4-5-2-8(10(13)14)15-9(5)7(12)3-6(4)11/h3,8H,2H2,1H3,(H,13,14). The lowest BCUT2D eigenvalue weighted by atomic mass is 10.0. The molecular formula is C10H8BrFO3. The number of benzene rings is 1. The second-order valence-corrected chi connectivity index (χ2v) is 4.28. The van der Waals surface area contributed by atoms with Crippen molar-refractivity contribution in [3.8, 4) is 5.75 Å². The Morgan fingerprint density at radius 3 is 3.00 bits per heavy atom. The van der Waals surface area contributed by atoms with E-state index in [0.717, 1.165) is 5.56 Å². The molecule has 1 aliphatic rings. The lowest BCUT2D eigenvalue weighted by Crippen LogP contribution is -2.24. The van der Waals surface area contributed by atoms with E-state index in [0.29, 0.717) is 10.0 Å². The van der Waals surface area contributed by atoms with Crippen LogP contribution in [0.3, 0.4) is 0 Å². The van der Waals surface area contributed by atoms with Crippen LogP contribution in [0.15, 0.2) is 10.5 Å². The SMILES string of the molecule is Cc1c(Br)cc(F)c2c1CC(C(=O)O)O2. The van der Waals surface area contributed by atoms with Gasteiger partial charge in [0, 0.05) is 16.5 Å². The van der Waals surface area contributed by atoms with Crippen LogP contribution < -0.4 is 4.74 Å². The van der Waals surface area contributed by atoms with Crippen LogP contribution in [0.5, 0.6) is 5.75 Å². The topological polar surface area (TPSA) is 46.5 Å². The molecule has 15 heavy (non-hydrogen) atoms. The van der Waals surface area contributed by atoms with Gasteiger partial charge >= 0.3 is 5.97 Å². The first-order valence-corrected chi connectivity index (χ1v) is 5.17. The van der Waals surface area contributed by atoms with Crippen molar-refractivity contribution in [3.05, 3.63) is 27.5 Å². The number of carboxylic acid groups (broad SMARTS) is 1. The fourth-order valence-electron chi connectivity index (χ4n) is 1.62. The minimum absolute atomic E-state index is 0.0723. The van der Waals surface area contributed by atoms with Crippen molar-refractivity contribution in [2.45, 2.75) is 19.4 Å². The molecule has 0 aliphatic carbocycles. The molecule has 1 aromatic rings. The van der Waals surface area contributed by atoms with Gasteiger partial charge in [0.15, 0.2) is 17.7 Å². The largest absolute Gasteiger partial charge is 0.478 e. The second kappa shape index (κ2) is 3.48. The summed E-state index contributed by atoms with van der Waals surface area (Å²) in [5.74, 6) is -1.52. The first-order valence-electron chi connectivity index (χ1n) is 4.37. The molecule has 1 aliphatic heterocycles. The molecule has 0 saturated heterocycles. The Hall–Kier alpha value is -1.10. The number of carbonyl (C=O) groups is 1. The monoisotopic (exact) mass is 274 g/mol. The van der Waals surface area contributed by atoms with E-state index in [4.69, 9.17) is 9.84 Å². The fraction of sp³-hybridized carbons (Fsp3) is 0.300. The summed E-state index contributed by atoms with van der Waals surface area (Å²) in [7, 11) is 0. The highest BCUT2D eigenvalue weighted by Gasteiger charge is 2.32. The van der Waals surface area contributed by atoms with E-state index in [2.05, 4.69) is 15.9 Å². The molecule has 2 rings (SSSR count). The van der Waals surface area contributed by atoms with E-state index in [1.807, 2.05) is 0 Å². The highest BCUT2D eigenvalue weighted by molar-refractivity contribution is 9.10. The van der Waals surface area contributed by atoms with Crippen molar-refractivity contribution in [2.24, 2.45) is 0 Å². The predicted molar refractivity (Wildman–Crippen MR) is 54.6 cm³/mol. The summed E-state index contributed by atoms with van der Waals surface area (Å²) < 4.78 is 19.1. The Balaban J connectivity index is 2.49. The van der Waals surface area contributed by atoms with Crippen molar-refractivity contribution in [1.82, 2.24) is 0 Å². The molecule has 3 nitrogen and oxygen atoms in total. The highest BCUT2D eigenvalue weighted by Crippen LogP contribution is 2.37. The zero-order valence-electron chi connectivity index (χ0n) is 7.88. The minimum atomic E-state index is -1.07. The first kappa shape index (κ1) is 10.4. The number of hydrogen-bond donors (Lipinski definition) is 1. The summed E-state index contributed by atoms with van der Waals surface area (Å²) in [5.41, 5.74) is 1.46. The number of hydrogen-bond acceptors (Lipinski definition) is 2. The van der Waals surface area contributed by atoms with E-state index in [9.17, 15) is 9.18 Å². The Kier molecular flexibility index (Phi) is 2.42. The van der Waals surface area contributed by atoms with Gasteiger partial charge in [0.1, 0.15) is 0 Å². The molecular weight excluding hydrogens is 267 g/mol. The van der Waals surface area contributed by atoms with Gasteiger partial charge in [-0.05, 0) is 18.6 Å². The number of carboxylic acids is 1. The maximum absolute atomic E-state index is 13.4. The zero-order valence-corrected chi connectivity index (χ0v) is 9.47. The van der Waals surface area contributed by atoms with Crippen molar-refractivity contribution in [2.75, 3.05) is 0 Å². The molecule has 5 heteroatoms. The van der Waals surface area contributed by atoms with Gasteiger partial charge in [-0.25, -0.2) is 9.18 Å². The number of ether oxygens (including phenoxy) is 1. The van der Waals surface area contributed by atoms with Crippen LogP contribution in [0, 0.1) is 12.7 Å². The van der Waals surface area contributed by atoms with Gasteiger partial charge in [0.2, 0.25) is 0 Å². The lowest BCUT2D eigenvalue weighted by molar-refractivity contribution is -0.144. The van der Waals surface area contributed by atoms with Gasteiger partial charge in [0.05, 0.1) is 0 Å². The van der Waals surface area contributed by atoms with Crippen LogP contribution in [0.4, 0.5) is 4.39 Å². The smallest absolute Gasteiger partial charge is 0.345 e. The van der Waals surface area contributed by atoms with E-state index < -0.39 is 17.9 Å². The second-order valence-electron chi connectivity index (χ2n) is 3.42. The molecule has 0 bridgehead atoms. The Bertz CT molecular complexity index is 445. The van der Waals surface area contributed by atoms with Crippen LogP contribution in [0.25, 0.3) is 0 Å². The third kappa shape index (κ3) is 1.61. The third-order valence-electron chi connectivity index (χ3n) is 2.48. The molecule has 0 saturated carbocycles. The summed E-state index contributed by atoms with van der Waals surface area (Å²) in [6, 6.07) is 1.29. The summed E-state index contributed by atoms with van der Waals surface area (Å²) in [6.07, 6.45) is -0.755. The van der Waals surface area contributed by atoms with Gasteiger partial charge in [-0.1, -0.05) is 15.9 Å². The molecule has 1 heterocycles. The normalized spacial score (nSPS) is 18.5. The van der Waals surface area contributed by atoms with Gasteiger partial charge in [-0.2, -0.15) is 0 Å². The molecule has 1 atom stereocenters. The van der Waals surface area contributed by atoms with Crippen molar-refractivity contribution >= 4 is 21.9 Å². The quantitative estimate of drug-likeness (QED) is 0.855. The van der Waals surface area contributed by atoms with Gasteiger partial charge in [-0.15, -0.1) is 0 Å². The zero-order chi connectivity index (χ0) is 11.2. The average Bonchev–Trinajstić information content (AvgIpc) is 2.59. The fourth-order valence-corrected chi connectivity index (χ4v) is 2.06. The van der Waals surface area contributed by atoms with Crippen LogP contribution in [-0.4, -0.2) is 17.2 Å². The van der Waals surface area contributed by atoms with Crippen molar-refractivity contribution in [3.63, 3.8) is 0 Å². The Morgan fingerprint density at radius 1 is 1.73 bits per heavy atom. The maximum Gasteiger partial charge on any atom is 0.345 e. The van der Waals surface area contributed by atoms with Crippen molar-refractivity contribution < 1.29 is 19.0 Å². The number of aliphatic carboxylic acids is 1. The Labute approximate surface area is 94.0 Å². The molecule has 0 amide bonds. The maximum atomic E-state index is 13.4. The van der Waals surface area contributed by atoms with Crippen LogP contribution in [0.1, 0.15) is 11.1 Å². The van der Waals surface area contributed by atoms with E-state index in [1.54, 1.807) is 6.92 Å². The molecule has 1 aromatic carbocycles. The van der Waals surface area contributed by atoms with Gasteiger partial charge < -0.3 is 9.84 Å². The first-order chi connectivity index (χ1) is 7.00. The van der Waals surface area contributed by atoms with E-state index >= 15 is 0 Å². The van der Waals surface area contributed by atoms with Crippen molar-refractivity contribution in [1.29, 1.82) is 0 Å². The molecule has 80 valence electrons. The summed E-state index contributed by atoms with van der Waals surface area (Å²) in [5, 5.41) is 8.78. The van der Waals surface area contributed by atoms with E-state index in [1.165, 1.54) is 6.07 Å². The van der Waals surface area contributed by atoms with Gasteiger partial charge in [0.25, 0.3) is 0 Å². The predicted octanol–water partition coefficient (Wildman–Crippen LogP) is 2.28. The Morgan fingerprint density at radius 2 is 2.40 bits per heavy atom. The molecule has 1 N–H and O–H groups in total. The number of fused-ring (bicyclic) bond motifs is 1. The number of rotatable bonds is 1.